The van der Waals surface area contributed by atoms with Gasteiger partial charge in [0.05, 0.1) is 0 Å². The van der Waals surface area contributed by atoms with Crippen LogP contribution in [0.1, 0.15) is 96.8 Å². The van der Waals surface area contributed by atoms with Crippen LogP contribution in [0.25, 0.3) is 0 Å². The second kappa shape index (κ2) is 16.7. The van der Waals surface area contributed by atoms with E-state index in [1.807, 2.05) is 0 Å². The molecule has 18 heavy (non-hydrogen) atoms. The molecule has 0 saturated carbocycles. The molecule has 0 N–H and O–H groups in total. The Kier molecular flexibility index (Phi) is 16.5. The number of allylic oxidation sites excluding steroid dienone is 2. The number of hydrogen-bond acceptors (Lipinski definition) is 0. The van der Waals surface area contributed by atoms with Crippen LogP contribution in [0.15, 0.2) is 12.2 Å². The van der Waals surface area contributed by atoms with E-state index in [0.717, 1.165) is 6.42 Å². The lowest BCUT2D eigenvalue weighted by atomic mass is 10.1. The summed E-state index contributed by atoms with van der Waals surface area (Å²) in [7, 11) is 0. The number of unbranched alkanes of at least 4 members (excludes halogenated alkanes) is 12. The molecule has 107 valence electrons. The average Bonchev–Trinajstić information content (AvgIpc) is 2.39. The Morgan fingerprint density at radius 3 is 1.56 bits per heavy atom. The minimum Gasteiger partial charge on any atom is -0.0885 e. The standard InChI is InChI=1S/C18H35/c1-3-5-7-9-11-13-15-17-18-16-14-12-10-8-6-4-2/h11,13H,1,3-10,12,14-18H2,2H3/b13-11+. The smallest absolute Gasteiger partial charge is 0.0351 e. The van der Waals surface area contributed by atoms with Gasteiger partial charge in [0, 0.05) is 0 Å². The normalized spacial score (nSPS) is 11.4. The molecule has 0 bridgehead atoms. The lowest BCUT2D eigenvalue weighted by molar-refractivity contribution is 0.566. The summed E-state index contributed by atoms with van der Waals surface area (Å²) in [5.74, 6) is 0. The highest BCUT2D eigenvalue weighted by atomic mass is 14.0. The summed E-state index contributed by atoms with van der Waals surface area (Å²) in [6.45, 7) is 6.15. The van der Waals surface area contributed by atoms with Crippen molar-refractivity contribution in [3.05, 3.63) is 19.1 Å². The summed E-state index contributed by atoms with van der Waals surface area (Å²) in [4.78, 5) is 0. The summed E-state index contributed by atoms with van der Waals surface area (Å²) in [5.41, 5.74) is 0. The van der Waals surface area contributed by atoms with E-state index in [1.165, 1.54) is 83.5 Å². The summed E-state index contributed by atoms with van der Waals surface area (Å²) in [6.07, 6.45) is 23.9. The largest absolute Gasteiger partial charge is 0.0885 e. The first-order chi connectivity index (χ1) is 8.91. The van der Waals surface area contributed by atoms with Gasteiger partial charge in [-0.3, -0.25) is 0 Å². The highest BCUT2D eigenvalue weighted by Gasteiger charge is 1.91. The first kappa shape index (κ1) is 17.7. The monoisotopic (exact) mass is 251 g/mol. The quantitative estimate of drug-likeness (QED) is 0.234. The highest BCUT2D eigenvalue weighted by molar-refractivity contribution is 4.81. The zero-order valence-corrected chi connectivity index (χ0v) is 12.8. The zero-order chi connectivity index (χ0) is 13.3. The molecule has 0 aliphatic carbocycles. The SMILES string of the molecule is [CH2]CCCC/C=C/CCCCCCCCCCC. The van der Waals surface area contributed by atoms with Gasteiger partial charge in [0.15, 0.2) is 0 Å². The molecule has 0 aliphatic heterocycles. The van der Waals surface area contributed by atoms with Crippen molar-refractivity contribution >= 4 is 0 Å². The first-order valence-electron chi connectivity index (χ1n) is 8.36. The van der Waals surface area contributed by atoms with E-state index in [2.05, 4.69) is 26.0 Å². The molecular weight excluding hydrogens is 216 g/mol. The Labute approximate surface area is 116 Å². The maximum Gasteiger partial charge on any atom is -0.0351 e. The molecule has 0 fully saturated rings. The summed E-state index contributed by atoms with van der Waals surface area (Å²) < 4.78 is 0. The van der Waals surface area contributed by atoms with Gasteiger partial charge in [0.2, 0.25) is 0 Å². The summed E-state index contributed by atoms with van der Waals surface area (Å²) in [5, 5.41) is 0. The van der Waals surface area contributed by atoms with Gasteiger partial charge >= 0.3 is 0 Å². The van der Waals surface area contributed by atoms with Crippen LogP contribution in [-0.2, 0) is 0 Å². The molecule has 0 unspecified atom stereocenters. The molecule has 0 heterocycles. The summed E-state index contributed by atoms with van der Waals surface area (Å²) in [6, 6.07) is 0. The molecule has 0 atom stereocenters. The zero-order valence-electron chi connectivity index (χ0n) is 12.8. The van der Waals surface area contributed by atoms with Crippen LogP contribution in [-0.4, -0.2) is 0 Å². The average molecular weight is 251 g/mol. The number of hydrogen-bond donors (Lipinski definition) is 0. The Morgan fingerprint density at radius 2 is 1.06 bits per heavy atom. The number of rotatable bonds is 14. The van der Waals surface area contributed by atoms with Crippen LogP contribution in [0.4, 0.5) is 0 Å². The Bertz CT molecular complexity index is 157. The Hall–Kier alpha value is -0.260. The molecule has 0 spiro atoms. The predicted octanol–water partition coefficient (Wildman–Crippen LogP) is 6.86. The van der Waals surface area contributed by atoms with E-state index in [4.69, 9.17) is 0 Å². The molecule has 0 nitrogen and oxygen atoms in total. The lowest BCUT2D eigenvalue weighted by Crippen LogP contribution is -1.80. The Balaban J connectivity index is 2.98. The topological polar surface area (TPSA) is 0 Å². The first-order valence-corrected chi connectivity index (χ1v) is 8.36. The van der Waals surface area contributed by atoms with Crippen LogP contribution in [0.3, 0.4) is 0 Å². The third-order valence-corrected chi connectivity index (χ3v) is 3.51. The fourth-order valence-electron chi connectivity index (χ4n) is 2.25. The molecule has 0 heteroatoms. The van der Waals surface area contributed by atoms with Crippen molar-refractivity contribution in [2.45, 2.75) is 96.8 Å². The molecule has 0 amide bonds. The van der Waals surface area contributed by atoms with Crippen molar-refractivity contribution in [3.8, 4) is 0 Å². The van der Waals surface area contributed by atoms with Gasteiger partial charge in [-0.15, -0.1) is 0 Å². The maximum atomic E-state index is 3.86. The second-order valence-electron chi connectivity index (χ2n) is 5.44. The van der Waals surface area contributed by atoms with Gasteiger partial charge in [0.25, 0.3) is 0 Å². The van der Waals surface area contributed by atoms with Crippen LogP contribution >= 0.6 is 0 Å². The predicted molar refractivity (Wildman–Crippen MR) is 84.8 cm³/mol. The molecular formula is C18H35. The minimum absolute atomic E-state index is 1.09. The highest BCUT2D eigenvalue weighted by Crippen LogP contribution is 2.10. The summed E-state index contributed by atoms with van der Waals surface area (Å²) >= 11 is 0. The van der Waals surface area contributed by atoms with Gasteiger partial charge in [-0.2, -0.15) is 0 Å². The molecule has 0 rings (SSSR count). The van der Waals surface area contributed by atoms with Gasteiger partial charge in [-0.05, 0) is 25.7 Å². The van der Waals surface area contributed by atoms with Gasteiger partial charge < -0.3 is 0 Å². The van der Waals surface area contributed by atoms with E-state index in [-0.39, 0.29) is 0 Å². The Morgan fingerprint density at radius 1 is 0.611 bits per heavy atom. The molecule has 0 saturated heterocycles. The van der Waals surface area contributed by atoms with E-state index in [9.17, 15) is 0 Å². The third kappa shape index (κ3) is 15.7. The molecule has 0 aromatic heterocycles. The van der Waals surface area contributed by atoms with Gasteiger partial charge in [0.1, 0.15) is 0 Å². The van der Waals surface area contributed by atoms with Gasteiger partial charge in [-0.1, -0.05) is 90.2 Å². The van der Waals surface area contributed by atoms with E-state index in [0.29, 0.717) is 0 Å². The minimum atomic E-state index is 1.09. The van der Waals surface area contributed by atoms with Crippen LogP contribution in [0.5, 0.6) is 0 Å². The fraction of sp³-hybridized carbons (Fsp3) is 0.833. The molecule has 0 aliphatic rings. The van der Waals surface area contributed by atoms with E-state index >= 15 is 0 Å². The van der Waals surface area contributed by atoms with Crippen molar-refractivity contribution in [1.82, 2.24) is 0 Å². The van der Waals surface area contributed by atoms with Crippen LogP contribution in [0, 0.1) is 6.92 Å². The second-order valence-corrected chi connectivity index (χ2v) is 5.44. The van der Waals surface area contributed by atoms with Crippen LogP contribution < -0.4 is 0 Å². The van der Waals surface area contributed by atoms with Gasteiger partial charge in [-0.25, -0.2) is 0 Å². The third-order valence-electron chi connectivity index (χ3n) is 3.51. The maximum absolute atomic E-state index is 3.86. The van der Waals surface area contributed by atoms with Crippen molar-refractivity contribution in [3.63, 3.8) is 0 Å². The van der Waals surface area contributed by atoms with Crippen molar-refractivity contribution < 1.29 is 0 Å². The molecule has 0 aromatic rings. The lowest BCUT2D eigenvalue weighted by Gasteiger charge is -2.00. The van der Waals surface area contributed by atoms with Crippen molar-refractivity contribution in [2.24, 2.45) is 0 Å². The fourth-order valence-corrected chi connectivity index (χ4v) is 2.25. The van der Waals surface area contributed by atoms with E-state index in [1.54, 1.807) is 0 Å². The molecule has 0 aromatic carbocycles. The molecule has 1 radical (unpaired) electrons. The van der Waals surface area contributed by atoms with Crippen molar-refractivity contribution in [1.29, 1.82) is 0 Å². The van der Waals surface area contributed by atoms with E-state index < -0.39 is 0 Å². The van der Waals surface area contributed by atoms with Crippen molar-refractivity contribution in [2.75, 3.05) is 0 Å². The van der Waals surface area contributed by atoms with Crippen LogP contribution in [0.2, 0.25) is 0 Å².